The van der Waals surface area contributed by atoms with Crippen LogP contribution in [-0.2, 0) is 28.6 Å². The van der Waals surface area contributed by atoms with Gasteiger partial charge in [0.15, 0.2) is 0 Å². The average molecular weight is 721 g/mol. The van der Waals surface area contributed by atoms with Crippen LogP contribution >= 0.6 is 0 Å². The summed E-state index contributed by atoms with van der Waals surface area (Å²) in [5, 5.41) is 0. The molecule has 51 heavy (non-hydrogen) atoms. The summed E-state index contributed by atoms with van der Waals surface area (Å²) in [6, 6.07) is 0. The first-order valence-electron chi connectivity index (χ1n) is 21.2. The van der Waals surface area contributed by atoms with Crippen molar-refractivity contribution in [3.8, 4) is 0 Å². The van der Waals surface area contributed by atoms with Gasteiger partial charge in [-0.2, -0.15) is 0 Å². The number of ether oxygens (including phenoxy) is 3. The van der Waals surface area contributed by atoms with Gasteiger partial charge in [0, 0.05) is 18.6 Å². The molecule has 0 unspecified atom stereocenters. The minimum atomic E-state index is -0.329. The Labute approximate surface area is 317 Å². The van der Waals surface area contributed by atoms with E-state index >= 15 is 0 Å². The highest BCUT2D eigenvalue weighted by Crippen LogP contribution is 2.15. The molecular weight excluding hydrogens is 636 g/mol. The molecule has 0 spiro atoms. The van der Waals surface area contributed by atoms with Crippen LogP contribution < -0.4 is 0 Å². The summed E-state index contributed by atoms with van der Waals surface area (Å²) in [7, 11) is 0. The van der Waals surface area contributed by atoms with E-state index in [9.17, 15) is 14.4 Å². The van der Waals surface area contributed by atoms with Crippen LogP contribution in [0, 0.1) is 0 Å². The van der Waals surface area contributed by atoms with Gasteiger partial charge in [-0.3, -0.25) is 4.79 Å². The maximum Gasteiger partial charge on any atom is 0.333 e. The highest BCUT2D eigenvalue weighted by molar-refractivity contribution is 5.86. The van der Waals surface area contributed by atoms with E-state index in [-0.39, 0.29) is 17.9 Å². The first kappa shape index (κ1) is 53.0. The molecule has 0 N–H and O–H groups in total. The Morgan fingerprint density at radius 1 is 0.451 bits per heavy atom. The van der Waals surface area contributed by atoms with E-state index in [1.165, 1.54) is 193 Å². The van der Waals surface area contributed by atoms with E-state index in [0.29, 0.717) is 18.8 Å². The van der Waals surface area contributed by atoms with Crippen molar-refractivity contribution in [3.63, 3.8) is 0 Å². The third-order valence-electron chi connectivity index (χ3n) is 8.74. The highest BCUT2D eigenvalue weighted by Gasteiger charge is 2.02. The van der Waals surface area contributed by atoms with Gasteiger partial charge in [-0.25, -0.2) is 9.59 Å². The Morgan fingerprint density at radius 2 is 0.725 bits per heavy atom. The summed E-state index contributed by atoms with van der Waals surface area (Å²) >= 11 is 0. The predicted octanol–water partition coefficient (Wildman–Crippen LogP) is 14.3. The Balaban J connectivity index is -0.000000843. The van der Waals surface area contributed by atoms with Crippen LogP contribution in [0.4, 0.5) is 0 Å². The van der Waals surface area contributed by atoms with Crippen molar-refractivity contribution in [1.29, 1.82) is 0 Å². The molecule has 0 aliphatic heterocycles. The lowest BCUT2D eigenvalue weighted by Gasteiger charge is -2.05. The van der Waals surface area contributed by atoms with Crippen molar-refractivity contribution in [1.82, 2.24) is 0 Å². The molecular formula is C45H84O6. The van der Waals surface area contributed by atoms with Gasteiger partial charge < -0.3 is 14.2 Å². The van der Waals surface area contributed by atoms with E-state index < -0.39 is 0 Å². The number of hydrogen-bond donors (Lipinski definition) is 0. The normalized spacial score (nSPS) is 10.2. The summed E-state index contributed by atoms with van der Waals surface area (Å²) in [5.74, 6) is -0.885. The average Bonchev–Trinajstić information content (AvgIpc) is 3.11. The Morgan fingerprint density at radius 3 is 0.941 bits per heavy atom. The Hall–Kier alpha value is -2.37. The fraction of sp³-hybridized carbons (Fsp3) is 0.800. The smallest absolute Gasteiger partial charge is 0.333 e. The topological polar surface area (TPSA) is 78.9 Å². The van der Waals surface area contributed by atoms with Gasteiger partial charge in [0.05, 0.1) is 19.5 Å². The second kappa shape index (κ2) is 47.6. The first-order valence-corrected chi connectivity index (χ1v) is 21.2. The van der Waals surface area contributed by atoms with E-state index in [1.54, 1.807) is 6.92 Å². The Bertz CT molecular complexity index is 790. The molecule has 0 bridgehead atoms. The zero-order valence-electron chi connectivity index (χ0n) is 34.4. The van der Waals surface area contributed by atoms with Gasteiger partial charge in [0.1, 0.15) is 0 Å². The van der Waals surface area contributed by atoms with Crippen LogP contribution in [0.2, 0.25) is 0 Å². The van der Waals surface area contributed by atoms with Gasteiger partial charge in [0.25, 0.3) is 0 Å². The summed E-state index contributed by atoms with van der Waals surface area (Å²) in [6.07, 6.45) is 42.9. The molecule has 0 fully saturated rings. The van der Waals surface area contributed by atoms with E-state index in [2.05, 4.69) is 38.3 Å². The fourth-order valence-corrected chi connectivity index (χ4v) is 5.58. The minimum Gasteiger partial charge on any atom is -0.463 e. The molecule has 0 atom stereocenters. The molecule has 0 aliphatic carbocycles. The second-order valence-corrected chi connectivity index (χ2v) is 14.0. The van der Waals surface area contributed by atoms with Crippen molar-refractivity contribution < 1.29 is 28.6 Å². The number of rotatable bonds is 35. The summed E-state index contributed by atoms with van der Waals surface area (Å²) in [6.45, 7) is 18.7. The molecule has 300 valence electrons. The summed E-state index contributed by atoms with van der Waals surface area (Å²) in [5.41, 5.74) is 0.494. The first-order chi connectivity index (χ1) is 24.8. The lowest BCUT2D eigenvalue weighted by molar-refractivity contribution is -0.139. The van der Waals surface area contributed by atoms with Crippen molar-refractivity contribution in [2.45, 2.75) is 220 Å². The number of carbonyl (C=O) groups is 3. The molecule has 0 saturated carbocycles. The molecule has 0 aromatic rings. The van der Waals surface area contributed by atoms with E-state index in [1.807, 2.05) is 0 Å². The zero-order chi connectivity index (χ0) is 38.5. The summed E-state index contributed by atoms with van der Waals surface area (Å²) < 4.78 is 14.2. The minimum absolute atomic E-state index is 0.252. The van der Waals surface area contributed by atoms with Crippen molar-refractivity contribution >= 4 is 17.9 Å². The quantitative estimate of drug-likeness (QED) is 0.0213. The van der Waals surface area contributed by atoms with Gasteiger partial charge >= 0.3 is 17.9 Å². The molecule has 0 aliphatic rings. The Kier molecular flexibility index (Phi) is 49.5. The van der Waals surface area contributed by atoms with E-state index in [0.717, 1.165) is 19.1 Å². The van der Waals surface area contributed by atoms with E-state index in [4.69, 9.17) is 9.47 Å². The van der Waals surface area contributed by atoms with Gasteiger partial charge in [0.2, 0.25) is 0 Å². The van der Waals surface area contributed by atoms with Crippen LogP contribution in [0.5, 0.6) is 0 Å². The van der Waals surface area contributed by atoms with Crippen LogP contribution in [-0.4, -0.2) is 31.1 Å². The van der Waals surface area contributed by atoms with Gasteiger partial charge in [-0.15, -0.1) is 0 Å². The standard InChI is InChI=1S/C26H50O2.C15H28O2.C4H6O2/c1-4-5-6-7-8-9-10-11-12-13-14-15-16-17-18-19-20-21-22-23-24-28-26(27)25(2)3;1-3-5-6-7-8-9-10-11-12-13-14-17-15(16)4-2;1-3-6-4(2)5/h2,4-24H2,1,3H3;4H,2-3,5-14H2,1H3;3H,1H2,2H3. The molecule has 6 nitrogen and oxygen atoms in total. The molecule has 0 amide bonds. The highest BCUT2D eigenvalue weighted by atomic mass is 16.5. The van der Waals surface area contributed by atoms with Gasteiger partial charge in [-0.05, 0) is 19.8 Å². The molecule has 0 saturated heterocycles. The number of esters is 3. The lowest BCUT2D eigenvalue weighted by atomic mass is 10.0. The van der Waals surface area contributed by atoms with Crippen LogP contribution in [0.25, 0.3) is 0 Å². The largest absolute Gasteiger partial charge is 0.463 e. The fourth-order valence-electron chi connectivity index (χ4n) is 5.58. The number of carbonyl (C=O) groups excluding carboxylic acids is 3. The van der Waals surface area contributed by atoms with Crippen LogP contribution in [0.15, 0.2) is 37.6 Å². The molecule has 0 aromatic heterocycles. The molecule has 0 rings (SSSR count). The second-order valence-electron chi connectivity index (χ2n) is 14.0. The molecule has 6 heteroatoms. The number of unbranched alkanes of at least 4 members (excludes halogenated alkanes) is 28. The third-order valence-corrected chi connectivity index (χ3v) is 8.74. The SMILES string of the molecule is C=C(C)C(=O)OCCCCCCCCCCCCCCCCCCCCCC.C=CC(=O)OCCCCCCCCCCCC.C=COC(C)=O. The van der Waals surface area contributed by atoms with Crippen molar-refractivity contribution in [3.05, 3.63) is 37.6 Å². The van der Waals surface area contributed by atoms with Crippen molar-refractivity contribution in [2.24, 2.45) is 0 Å². The van der Waals surface area contributed by atoms with Crippen LogP contribution in [0.1, 0.15) is 220 Å². The maximum absolute atomic E-state index is 11.2. The van der Waals surface area contributed by atoms with Crippen molar-refractivity contribution in [2.75, 3.05) is 13.2 Å². The van der Waals surface area contributed by atoms with Crippen LogP contribution in [0.3, 0.4) is 0 Å². The molecule has 0 aromatic carbocycles. The maximum atomic E-state index is 11.2. The monoisotopic (exact) mass is 721 g/mol. The molecule has 0 radical (unpaired) electrons. The zero-order valence-corrected chi connectivity index (χ0v) is 34.4. The number of hydrogen-bond acceptors (Lipinski definition) is 6. The van der Waals surface area contributed by atoms with Gasteiger partial charge in [-0.1, -0.05) is 213 Å². The third kappa shape index (κ3) is 54.6. The molecule has 0 heterocycles. The predicted molar refractivity (Wildman–Crippen MR) is 219 cm³/mol. The summed E-state index contributed by atoms with van der Waals surface area (Å²) in [4.78, 5) is 31.7. The lowest BCUT2D eigenvalue weighted by Crippen LogP contribution is -2.05.